The minimum Gasteiger partial charge on any atom is -0.380 e. The summed E-state index contributed by atoms with van der Waals surface area (Å²) in [7, 11) is 3.50. The Morgan fingerprint density at radius 3 is 2.57 bits per heavy atom. The number of rotatable bonds is 6. The summed E-state index contributed by atoms with van der Waals surface area (Å²) < 4.78 is 5.31. The third-order valence-electron chi connectivity index (χ3n) is 3.61. The molecular formula is C14H29IN4O2. The molecule has 21 heavy (non-hydrogen) atoms. The molecule has 0 atom stereocenters. The molecule has 1 amide bonds. The van der Waals surface area contributed by atoms with Gasteiger partial charge in [-0.05, 0) is 25.7 Å². The van der Waals surface area contributed by atoms with Gasteiger partial charge in [-0.15, -0.1) is 24.0 Å². The molecule has 1 rings (SSSR count). The summed E-state index contributed by atoms with van der Waals surface area (Å²) in [6.07, 6.45) is 2.72. The van der Waals surface area contributed by atoms with Crippen LogP contribution in [0.25, 0.3) is 0 Å². The van der Waals surface area contributed by atoms with Gasteiger partial charge < -0.3 is 20.3 Å². The molecule has 124 valence electrons. The highest BCUT2D eigenvalue weighted by molar-refractivity contribution is 14.0. The topological polar surface area (TPSA) is 66.0 Å². The summed E-state index contributed by atoms with van der Waals surface area (Å²) in [5.74, 6) is 1.57. The van der Waals surface area contributed by atoms with Gasteiger partial charge in [-0.3, -0.25) is 9.79 Å². The smallest absolute Gasteiger partial charge is 0.220 e. The van der Waals surface area contributed by atoms with Gasteiger partial charge in [0.15, 0.2) is 5.96 Å². The standard InChI is InChI=1S/C14H28N4O2.HI/c1-4-20-10-7-17-14(16-3)18-8-5-12(6-9-18)11-13(19)15-2;/h12H,4-11H2,1-3H3,(H,15,19)(H,16,17);1H. The number of carbonyl (C=O) groups excluding carboxylic acids is 1. The minimum atomic E-state index is 0. The largest absolute Gasteiger partial charge is 0.380 e. The van der Waals surface area contributed by atoms with Crippen LogP contribution < -0.4 is 10.6 Å². The van der Waals surface area contributed by atoms with Gasteiger partial charge in [0, 0.05) is 46.8 Å². The Hall–Kier alpha value is -0.570. The number of aliphatic imine (C=N–C) groups is 1. The average molecular weight is 412 g/mol. The molecular weight excluding hydrogens is 383 g/mol. The molecule has 0 radical (unpaired) electrons. The molecule has 6 nitrogen and oxygen atoms in total. The number of hydrogen-bond donors (Lipinski definition) is 2. The lowest BCUT2D eigenvalue weighted by molar-refractivity contribution is -0.121. The first kappa shape index (κ1) is 20.4. The summed E-state index contributed by atoms with van der Waals surface area (Å²) in [6, 6.07) is 0. The lowest BCUT2D eigenvalue weighted by Gasteiger charge is -2.34. The molecule has 2 N–H and O–H groups in total. The van der Waals surface area contributed by atoms with E-state index in [0.29, 0.717) is 18.9 Å². The molecule has 0 bridgehead atoms. The van der Waals surface area contributed by atoms with E-state index in [1.54, 1.807) is 14.1 Å². The van der Waals surface area contributed by atoms with Crippen molar-refractivity contribution in [2.75, 3.05) is 46.9 Å². The first-order valence-electron chi connectivity index (χ1n) is 7.45. The van der Waals surface area contributed by atoms with E-state index in [0.717, 1.165) is 45.0 Å². The Labute approximate surface area is 145 Å². The molecule has 0 aromatic rings. The first-order chi connectivity index (χ1) is 9.71. The molecule has 1 fully saturated rings. The van der Waals surface area contributed by atoms with Crippen molar-refractivity contribution < 1.29 is 9.53 Å². The summed E-state index contributed by atoms with van der Waals surface area (Å²) >= 11 is 0. The minimum absolute atomic E-state index is 0. The molecule has 1 saturated heterocycles. The quantitative estimate of drug-likeness (QED) is 0.297. The van der Waals surface area contributed by atoms with Crippen LogP contribution in [0, 0.1) is 5.92 Å². The van der Waals surface area contributed by atoms with Crippen LogP contribution in [0.2, 0.25) is 0 Å². The number of amides is 1. The van der Waals surface area contributed by atoms with Gasteiger partial charge in [0.1, 0.15) is 0 Å². The number of halogens is 1. The van der Waals surface area contributed by atoms with Gasteiger partial charge in [0.2, 0.25) is 5.91 Å². The van der Waals surface area contributed by atoms with Gasteiger partial charge in [0.05, 0.1) is 6.61 Å². The van der Waals surface area contributed by atoms with Crippen LogP contribution in [0.1, 0.15) is 26.2 Å². The second-order valence-corrected chi connectivity index (χ2v) is 4.98. The van der Waals surface area contributed by atoms with E-state index >= 15 is 0 Å². The molecule has 0 spiro atoms. The monoisotopic (exact) mass is 412 g/mol. The Balaban J connectivity index is 0.00000400. The zero-order valence-electron chi connectivity index (χ0n) is 13.4. The number of piperidine rings is 1. The van der Waals surface area contributed by atoms with E-state index in [4.69, 9.17) is 4.74 Å². The third-order valence-corrected chi connectivity index (χ3v) is 3.61. The van der Waals surface area contributed by atoms with Crippen LogP contribution in [0.3, 0.4) is 0 Å². The molecule has 0 saturated carbocycles. The average Bonchev–Trinajstić information content (AvgIpc) is 2.48. The van der Waals surface area contributed by atoms with Crippen molar-refractivity contribution >= 4 is 35.8 Å². The number of likely N-dealkylation sites (tertiary alicyclic amines) is 1. The van der Waals surface area contributed by atoms with Gasteiger partial charge in [0.25, 0.3) is 0 Å². The van der Waals surface area contributed by atoms with E-state index in [2.05, 4.69) is 20.5 Å². The predicted octanol–water partition coefficient (Wildman–Crippen LogP) is 1.06. The van der Waals surface area contributed by atoms with Crippen LogP contribution in [0.5, 0.6) is 0 Å². The second-order valence-electron chi connectivity index (χ2n) is 4.98. The molecule has 0 unspecified atom stereocenters. The van der Waals surface area contributed by atoms with Crippen molar-refractivity contribution in [2.24, 2.45) is 10.9 Å². The Morgan fingerprint density at radius 2 is 2.05 bits per heavy atom. The molecule has 1 aliphatic rings. The van der Waals surface area contributed by atoms with Crippen molar-refractivity contribution in [3.8, 4) is 0 Å². The van der Waals surface area contributed by atoms with Crippen molar-refractivity contribution in [3.05, 3.63) is 0 Å². The summed E-state index contributed by atoms with van der Waals surface area (Å²) in [4.78, 5) is 17.9. The maximum Gasteiger partial charge on any atom is 0.220 e. The highest BCUT2D eigenvalue weighted by Gasteiger charge is 2.22. The van der Waals surface area contributed by atoms with E-state index in [1.165, 1.54) is 0 Å². The number of hydrogen-bond acceptors (Lipinski definition) is 3. The number of nitrogens with zero attached hydrogens (tertiary/aromatic N) is 2. The lowest BCUT2D eigenvalue weighted by Crippen LogP contribution is -2.46. The SMILES string of the molecule is CCOCCNC(=NC)N1CCC(CC(=O)NC)CC1.I. The fraction of sp³-hybridized carbons (Fsp3) is 0.857. The van der Waals surface area contributed by atoms with Gasteiger partial charge in [-0.1, -0.05) is 0 Å². The van der Waals surface area contributed by atoms with Crippen molar-refractivity contribution in [2.45, 2.75) is 26.2 Å². The van der Waals surface area contributed by atoms with Crippen LogP contribution in [0.15, 0.2) is 4.99 Å². The summed E-state index contributed by atoms with van der Waals surface area (Å²) in [6.45, 7) is 6.12. The van der Waals surface area contributed by atoms with E-state index in [-0.39, 0.29) is 29.9 Å². The highest BCUT2D eigenvalue weighted by Crippen LogP contribution is 2.20. The van der Waals surface area contributed by atoms with Crippen molar-refractivity contribution in [3.63, 3.8) is 0 Å². The molecule has 1 aliphatic heterocycles. The molecule has 0 aromatic carbocycles. The second kappa shape index (κ2) is 12.0. The fourth-order valence-electron chi connectivity index (χ4n) is 2.42. The lowest BCUT2D eigenvalue weighted by atomic mass is 9.93. The van der Waals surface area contributed by atoms with E-state index in [9.17, 15) is 4.79 Å². The predicted molar refractivity (Wildman–Crippen MR) is 96.3 cm³/mol. The van der Waals surface area contributed by atoms with Gasteiger partial charge >= 0.3 is 0 Å². The van der Waals surface area contributed by atoms with Crippen molar-refractivity contribution in [1.82, 2.24) is 15.5 Å². The van der Waals surface area contributed by atoms with Gasteiger partial charge in [-0.25, -0.2) is 0 Å². The third kappa shape index (κ3) is 7.85. The van der Waals surface area contributed by atoms with E-state index < -0.39 is 0 Å². The Bertz CT molecular complexity index is 318. The van der Waals surface area contributed by atoms with Crippen LogP contribution >= 0.6 is 24.0 Å². The maximum absolute atomic E-state index is 11.4. The van der Waals surface area contributed by atoms with Crippen molar-refractivity contribution in [1.29, 1.82) is 0 Å². The van der Waals surface area contributed by atoms with Gasteiger partial charge in [-0.2, -0.15) is 0 Å². The number of nitrogens with one attached hydrogen (secondary N) is 2. The Morgan fingerprint density at radius 1 is 1.38 bits per heavy atom. The molecule has 0 aromatic heterocycles. The Kier molecular flexibility index (Phi) is 11.7. The van der Waals surface area contributed by atoms with Crippen LogP contribution in [-0.4, -0.2) is 63.7 Å². The molecule has 7 heteroatoms. The zero-order chi connectivity index (χ0) is 14.8. The molecule has 0 aliphatic carbocycles. The number of carbonyl (C=O) groups is 1. The number of guanidine groups is 1. The van der Waals surface area contributed by atoms with Crippen LogP contribution in [0.4, 0.5) is 0 Å². The van der Waals surface area contributed by atoms with E-state index in [1.807, 2.05) is 6.92 Å². The molecule has 1 heterocycles. The highest BCUT2D eigenvalue weighted by atomic mass is 127. The first-order valence-corrected chi connectivity index (χ1v) is 7.45. The fourth-order valence-corrected chi connectivity index (χ4v) is 2.42. The maximum atomic E-state index is 11.4. The summed E-state index contributed by atoms with van der Waals surface area (Å²) in [5.41, 5.74) is 0. The summed E-state index contributed by atoms with van der Waals surface area (Å²) in [5, 5.41) is 6.01. The van der Waals surface area contributed by atoms with Crippen LogP contribution in [-0.2, 0) is 9.53 Å². The number of ether oxygens (including phenoxy) is 1. The normalized spacial score (nSPS) is 16.3. The zero-order valence-corrected chi connectivity index (χ0v) is 15.7.